The first-order chi connectivity index (χ1) is 40.7. The van der Waals surface area contributed by atoms with Crippen LogP contribution in [0.5, 0.6) is 0 Å². The van der Waals surface area contributed by atoms with Crippen molar-refractivity contribution in [2.75, 3.05) is 111 Å². The minimum atomic E-state index is -0.677. The maximum Gasteiger partial charge on any atom is 0.350 e. The molecule has 22 heteroatoms. The molecule has 20 nitrogen and oxygen atoms in total. The van der Waals surface area contributed by atoms with Crippen molar-refractivity contribution in [2.24, 2.45) is 22.4 Å². The van der Waals surface area contributed by atoms with E-state index in [0.29, 0.717) is 64.1 Å². The van der Waals surface area contributed by atoms with E-state index in [2.05, 4.69) is 39.8 Å². The van der Waals surface area contributed by atoms with Crippen LogP contribution in [-0.2, 0) is 75.2 Å². The molecule has 4 fully saturated rings. The van der Waals surface area contributed by atoms with Gasteiger partial charge in [-0.05, 0) is 134 Å². The Morgan fingerprint density at radius 2 is 0.965 bits per heavy atom. The van der Waals surface area contributed by atoms with Crippen molar-refractivity contribution in [1.82, 2.24) is 4.41 Å². The lowest BCUT2D eigenvalue weighted by Crippen LogP contribution is -2.37. The highest BCUT2D eigenvalue weighted by atomic mass is 32.2. The van der Waals surface area contributed by atoms with Crippen molar-refractivity contribution in [1.29, 1.82) is 0 Å². The van der Waals surface area contributed by atoms with Crippen LogP contribution in [0.1, 0.15) is 138 Å². The summed E-state index contributed by atoms with van der Waals surface area (Å²) in [5, 5.41) is 0. The summed E-state index contributed by atoms with van der Waals surface area (Å²) in [4.78, 5) is 12.7. The number of hydrogen-bond donors (Lipinski definition) is 2. The molecular formula is C64H105N3O17S2. The average Bonchev–Trinajstić information content (AvgIpc) is 4.10. The molecule has 4 unspecified atom stereocenters. The highest BCUT2D eigenvalue weighted by Gasteiger charge is 2.37. The summed E-state index contributed by atoms with van der Waals surface area (Å²) in [5.74, 6) is 5.06. The second-order valence-electron chi connectivity index (χ2n) is 26.2. The molecule has 0 bridgehead atoms. The number of hydrazine groups is 1. The predicted molar refractivity (Wildman–Crippen MR) is 332 cm³/mol. The molecule has 490 valence electrons. The van der Waals surface area contributed by atoms with Gasteiger partial charge in [0.05, 0.1) is 122 Å². The van der Waals surface area contributed by atoms with Gasteiger partial charge < -0.3 is 81.0 Å². The van der Waals surface area contributed by atoms with E-state index in [-0.39, 0.29) is 87.5 Å². The normalized spacial score (nSPS) is 23.0. The monoisotopic (exact) mass is 1250 g/mol. The Morgan fingerprint density at radius 1 is 0.570 bits per heavy atom. The number of nitrogens with zero attached hydrogens (tertiary/aromatic N) is 1. The molecule has 4 saturated heterocycles. The Balaban J connectivity index is 0.954. The molecule has 4 aliphatic heterocycles. The van der Waals surface area contributed by atoms with E-state index in [1.165, 1.54) is 24.0 Å². The highest BCUT2D eigenvalue weighted by Crippen LogP contribution is 2.41. The molecule has 86 heavy (non-hydrogen) atoms. The van der Waals surface area contributed by atoms with Crippen molar-refractivity contribution in [3.05, 3.63) is 72.1 Å². The molecule has 0 amide bonds. The third kappa shape index (κ3) is 28.6. The van der Waals surface area contributed by atoms with Crippen molar-refractivity contribution in [3.63, 3.8) is 0 Å². The lowest BCUT2D eigenvalue weighted by Gasteiger charge is -2.35. The molecule has 4 heterocycles. The Bertz CT molecular complexity index is 2140. The van der Waals surface area contributed by atoms with Crippen LogP contribution < -0.4 is 11.6 Å². The van der Waals surface area contributed by atoms with E-state index >= 15 is 0 Å². The third-order valence-electron chi connectivity index (χ3n) is 14.7. The SMILES string of the molecule is CC(C)(CCCCSOC(=O)c1ccc(-c2ccccc2)cc1)CC(C)(C)CCCCSN(N)/C=C(\N)COC(COC(COCC1COC(C)(C)O1)COCC1COC(C)(C)O1)COC(COCC1COC(C)(C)O1)COCC1COC(C)(C)O1. The lowest BCUT2D eigenvalue weighted by atomic mass is 9.71. The van der Waals surface area contributed by atoms with E-state index in [1.807, 2.05) is 97.9 Å². The number of hydrogen-bond acceptors (Lipinski definition) is 22. The number of carbonyl (C=O) groups is 1. The highest BCUT2D eigenvalue weighted by molar-refractivity contribution is 7.97. The molecule has 4 atom stereocenters. The van der Waals surface area contributed by atoms with Gasteiger partial charge in [0.15, 0.2) is 23.1 Å². The van der Waals surface area contributed by atoms with Crippen molar-refractivity contribution < 1.29 is 80.0 Å². The number of carbonyl (C=O) groups excluding carboxylic acids is 1. The molecule has 4 aliphatic rings. The first-order valence-corrected chi connectivity index (χ1v) is 32.6. The topological polar surface area (TPSA) is 220 Å². The molecule has 0 aliphatic carbocycles. The molecule has 2 aromatic carbocycles. The summed E-state index contributed by atoms with van der Waals surface area (Å²) in [5.41, 5.74) is 10.1. The summed E-state index contributed by atoms with van der Waals surface area (Å²) < 4.78 is 98.3. The zero-order valence-electron chi connectivity index (χ0n) is 53.6. The molecule has 0 aromatic heterocycles. The minimum absolute atomic E-state index is 0.0509. The standard InChI is InChI=1S/C64H105N3O17S2/c1-59(2,46-60(3,4)27-17-19-29-86-84-58(68)49-24-22-48(23-25-49)47-20-14-13-15-21-47)26-16-18-28-85-67(66)30-50(65)31-73-53(40-74-51(32-69-36-54-42-76-61(5,6)80-54)33-70-37-55-43-77-62(7,8)81-55)41-75-52(34-71-38-56-44-78-63(9,10)82-56)35-72-39-57-45-79-64(11,12)83-57/h13-15,20-25,30,51-57H,16-19,26-29,31-46,65-66H2,1-12H3/b50-30-. The largest absolute Gasteiger partial charge is 0.399 e. The van der Waals surface area contributed by atoms with Crippen LogP contribution in [0.15, 0.2) is 66.5 Å². The van der Waals surface area contributed by atoms with Crippen molar-refractivity contribution in [2.45, 2.75) is 194 Å². The van der Waals surface area contributed by atoms with Crippen LogP contribution in [0.4, 0.5) is 0 Å². The Morgan fingerprint density at radius 3 is 1.37 bits per heavy atom. The molecule has 6 rings (SSSR count). The second kappa shape index (κ2) is 35.2. The zero-order chi connectivity index (χ0) is 62.3. The van der Waals surface area contributed by atoms with Gasteiger partial charge in [-0.15, -0.1) is 0 Å². The summed E-state index contributed by atoms with van der Waals surface area (Å²) in [6.07, 6.45) is 6.65. The van der Waals surface area contributed by atoms with Crippen LogP contribution in [0, 0.1) is 10.8 Å². The zero-order valence-corrected chi connectivity index (χ0v) is 55.3. The first-order valence-electron chi connectivity index (χ1n) is 30.8. The van der Waals surface area contributed by atoms with Gasteiger partial charge in [0.1, 0.15) is 42.7 Å². The molecule has 4 N–H and O–H groups in total. The van der Waals surface area contributed by atoms with E-state index in [4.69, 9.17) is 86.8 Å². The lowest BCUT2D eigenvalue weighted by molar-refractivity contribution is -0.159. The summed E-state index contributed by atoms with van der Waals surface area (Å²) in [7, 11) is 0. The number of nitrogens with two attached hydrogens (primary N) is 2. The van der Waals surface area contributed by atoms with Crippen molar-refractivity contribution in [3.8, 4) is 11.1 Å². The number of ether oxygens (including phenoxy) is 15. The van der Waals surface area contributed by atoms with Gasteiger partial charge in [-0.2, -0.15) is 0 Å². The Kier molecular flexibility index (Phi) is 29.6. The van der Waals surface area contributed by atoms with Gasteiger partial charge in [-0.25, -0.2) is 10.6 Å². The van der Waals surface area contributed by atoms with Gasteiger partial charge >= 0.3 is 5.97 Å². The van der Waals surface area contributed by atoms with E-state index in [0.717, 1.165) is 67.6 Å². The van der Waals surface area contributed by atoms with Gasteiger partial charge in [0, 0.05) is 17.7 Å². The Hall–Kier alpha value is -2.69. The maximum absolute atomic E-state index is 12.7. The molecule has 2 aromatic rings. The van der Waals surface area contributed by atoms with E-state index in [9.17, 15) is 4.79 Å². The predicted octanol–water partition coefficient (Wildman–Crippen LogP) is 10.4. The number of unbranched alkanes of at least 4 members (excludes halogenated alkanes) is 2. The van der Waals surface area contributed by atoms with E-state index in [1.54, 1.807) is 10.6 Å². The van der Waals surface area contributed by atoms with Crippen LogP contribution >= 0.6 is 24.0 Å². The first kappa shape index (κ1) is 72.4. The van der Waals surface area contributed by atoms with Gasteiger partial charge in [0.2, 0.25) is 0 Å². The summed E-state index contributed by atoms with van der Waals surface area (Å²) in [6.45, 7) is 28.6. The molecule has 0 saturated carbocycles. The number of benzene rings is 2. The Labute approximate surface area is 522 Å². The van der Waals surface area contributed by atoms with E-state index < -0.39 is 41.5 Å². The van der Waals surface area contributed by atoms with Crippen LogP contribution in [-0.4, -0.2) is 187 Å². The summed E-state index contributed by atoms with van der Waals surface area (Å²) in [6, 6.07) is 17.7. The fraction of sp³-hybridized carbons (Fsp3) is 0.766. The molecule has 0 spiro atoms. The average molecular weight is 1250 g/mol. The van der Waals surface area contributed by atoms with Crippen LogP contribution in [0.2, 0.25) is 0 Å². The molecular weight excluding hydrogens is 1150 g/mol. The van der Waals surface area contributed by atoms with Gasteiger partial charge in [-0.1, -0.05) is 83.0 Å². The second-order valence-corrected chi connectivity index (χ2v) is 28.1. The third-order valence-corrected chi connectivity index (χ3v) is 16.3. The quantitative estimate of drug-likeness (QED) is 0.0207. The fourth-order valence-electron chi connectivity index (χ4n) is 10.8. The fourth-order valence-corrected chi connectivity index (χ4v) is 12.1. The number of rotatable bonds is 42. The van der Waals surface area contributed by atoms with Crippen molar-refractivity contribution >= 4 is 30.0 Å². The molecule has 0 radical (unpaired) electrons. The van der Waals surface area contributed by atoms with Crippen LogP contribution in [0.3, 0.4) is 0 Å². The minimum Gasteiger partial charge on any atom is -0.399 e. The van der Waals surface area contributed by atoms with Gasteiger partial charge in [0.25, 0.3) is 0 Å². The summed E-state index contributed by atoms with van der Waals surface area (Å²) >= 11 is 2.75. The smallest absolute Gasteiger partial charge is 0.350 e. The maximum atomic E-state index is 12.7. The van der Waals surface area contributed by atoms with Crippen LogP contribution in [0.25, 0.3) is 11.1 Å². The van der Waals surface area contributed by atoms with Gasteiger partial charge in [-0.3, -0.25) is 4.41 Å².